The Balaban J connectivity index is 1.21. The number of piperidine rings is 1. The first-order valence-electron chi connectivity index (χ1n) is 11.6. The molecule has 4 rings (SSSR count). The summed E-state index contributed by atoms with van der Waals surface area (Å²) in [6.07, 6.45) is 4.99. The lowest BCUT2D eigenvalue weighted by molar-refractivity contribution is -0.137. The molecule has 2 heterocycles. The maximum Gasteiger partial charge on any atom is 0.239 e. The second-order valence-corrected chi connectivity index (χ2v) is 8.77. The van der Waals surface area contributed by atoms with Gasteiger partial charge in [-0.3, -0.25) is 14.5 Å². The van der Waals surface area contributed by atoms with Crippen LogP contribution >= 0.6 is 0 Å². The van der Waals surface area contributed by atoms with Crippen molar-refractivity contribution in [3.63, 3.8) is 0 Å². The minimum atomic E-state index is -0.00257. The maximum absolute atomic E-state index is 13.2. The molecule has 2 saturated heterocycles. The summed E-state index contributed by atoms with van der Waals surface area (Å²) in [6.45, 7) is 3.29. The van der Waals surface area contributed by atoms with Crippen molar-refractivity contribution in [2.24, 2.45) is 0 Å². The van der Waals surface area contributed by atoms with Crippen molar-refractivity contribution in [1.29, 1.82) is 0 Å². The van der Waals surface area contributed by atoms with Crippen LogP contribution in [-0.4, -0.2) is 53.3 Å². The molecule has 1 unspecified atom stereocenters. The molecule has 2 aromatic rings. The van der Waals surface area contributed by atoms with Crippen LogP contribution in [-0.2, 0) is 22.6 Å². The largest absolute Gasteiger partial charge is 0.353 e. The number of hydrogen-bond donors (Lipinski definition) is 1. The van der Waals surface area contributed by atoms with Crippen LogP contribution in [0.3, 0.4) is 0 Å². The van der Waals surface area contributed by atoms with Crippen molar-refractivity contribution in [2.75, 3.05) is 19.6 Å². The lowest BCUT2D eigenvalue weighted by atomic mass is 10.0. The average molecular weight is 420 g/mol. The Morgan fingerprint density at radius 2 is 1.48 bits per heavy atom. The number of carbonyl (C=O) groups is 2. The van der Waals surface area contributed by atoms with Gasteiger partial charge in [0.1, 0.15) is 0 Å². The molecular formula is C26H33N3O2. The number of nitrogens with one attached hydrogen (secondary N) is 1. The predicted octanol–water partition coefficient (Wildman–Crippen LogP) is 3.39. The number of rotatable bonds is 7. The van der Waals surface area contributed by atoms with Gasteiger partial charge in [0.15, 0.2) is 0 Å². The highest BCUT2D eigenvalue weighted by Gasteiger charge is 2.35. The van der Waals surface area contributed by atoms with Crippen LogP contribution in [0.1, 0.15) is 43.2 Å². The fourth-order valence-electron chi connectivity index (χ4n) is 4.77. The smallest absolute Gasteiger partial charge is 0.239 e. The first-order chi connectivity index (χ1) is 15.2. The van der Waals surface area contributed by atoms with Crippen LogP contribution < -0.4 is 5.32 Å². The standard InChI is InChI=1S/C26H33N3O2/c30-25(14-13-21-8-3-1-4-9-21)27-23-15-18-28(19-16-23)26(31)24-12-7-17-29(24)20-22-10-5-2-6-11-22/h1-6,8-11,23-24H,7,12-20H2,(H,27,30). The molecule has 0 radical (unpaired) electrons. The van der Waals surface area contributed by atoms with Crippen molar-refractivity contribution in [2.45, 2.75) is 57.2 Å². The summed E-state index contributed by atoms with van der Waals surface area (Å²) >= 11 is 0. The number of hydrogen-bond acceptors (Lipinski definition) is 3. The van der Waals surface area contributed by atoms with E-state index in [1.165, 1.54) is 11.1 Å². The van der Waals surface area contributed by atoms with Gasteiger partial charge < -0.3 is 10.2 Å². The normalized spacial score (nSPS) is 20.0. The Kier molecular flexibility index (Phi) is 7.36. The fourth-order valence-corrected chi connectivity index (χ4v) is 4.77. The van der Waals surface area contributed by atoms with E-state index in [1.807, 2.05) is 29.2 Å². The van der Waals surface area contributed by atoms with E-state index in [-0.39, 0.29) is 23.9 Å². The van der Waals surface area contributed by atoms with Crippen LogP contribution in [0.25, 0.3) is 0 Å². The first-order valence-corrected chi connectivity index (χ1v) is 11.6. The SMILES string of the molecule is O=C(CCc1ccccc1)NC1CCN(C(=O)C2CCCN2Cc2ccccc2)CC1. The van der Waals surface area contributed by atoms with Gasteiger partial charge in [-0.2, -0.15) is 0 Å². The molecular weight excluding hydrogens is 386 g/mol. The topological polar surface area (TPSA) is 52.7 Å². The molecule has 2 aliphatic rings. The Morgan fingerprint density at radius 1 is 0.839 bits per heavy atom. The lowest BCUT2D eigenvalue weighted by Gasteiger charge is -2.35. The van der Waals surface area contributed by atoms with Gasteiger partial charge in [-0.15, -0.1) is 0 Å². The molecule has 5 nitrogen and oxygen atoms in total. The summed E-state index contributed by atoms with van der Waals surface area (Å²) in [4.78, 5) is 29.9. The zero-order valence-corrected chi connectivity index (χ0v) is 18.2. The van der Waals surface area contributed by atoms with Gasteiger partial charge in [-0.1, -0.05) is 60.7 Å². The van der Waals surface area contributed by atoms with Gasteiger partial charge >= 0.3 is 0 Å². The molecule has 0 bridgehead atoms. The maximum atomic E-state index is 13.2. The molecule has 2 aromatic carbocycles. The summed E-state index contributed by atoms with van der Waals surface area (Å²) in [5.74, 6) is 0.376. The Morgan fingerprint density at radius 3 is 2.16 bits per heavy atom. The number of carbonyl (C=O) groups excluding carboxylic acids is 2. The highest BCUT2D eigenvalue weighted by Crippen LogP contribution is 2.23. The molecule has 0 aromatic heterocycles. The van der Waals surface area contributed by atoms with E-state index in [0.29, 0.717) is 6.42 Å². The van der Waals surface area contributed by atoms with Crippen LogP contribution in [0.15, 0.2) is 60.7 Å². The molecule has 5 heteroatoms. The van der Waals surface area contributed by atoms with Crippen molar-refractivity contribution < 1.29 is 9.59 Å². The van der Waals surface area contributed by atoms with Gasteiger partial charge in [0.25, 0.3) is 0 Å². The van der Waals surface area contributed by atoms with E-state index in [9.17, 15) is 9.59 Å². The highest BCUT2D eigenvalue weighted by atomic mass is 16.2. The summed E-state index contributed by atoms with van der Waals surface area (Å²) in [7, 11) is 0. The van der Waals surface area contributed by atoms with Crippen LogP contribution in [0.2, 0.25) is 0 Å². The third-order valence-electron chi connectivity index (χ3n) is 6.53. The summed E-state index contributed by atoms with van der Waals surface area (Å²) in [6, 6.07) is 20.7. The van der Waals surface area contributed by atoms with Crippen LogP contribution in [0, 0.1) is 0 Å². The Hall–Kier alpha value is -2.66. The monoisotopic (exact) mass is 419 g/mol. The lowest BCUT2D eigenvalue weighted by Crippen LogP contribution is -2.51. The predicted molar refractivity (Wildman–Crippen MR) is 122 cm³/mol. The fraction of sp³-hybridized carbons (Fsp3) is 0.462. The molecule has 31 heavy (non-hydrogen) atoms. The van der Waals surface area contributed by atoms with Crippen molar-refractivity contribution in [3.05, 3.63) is 71.8 Å². The molecule has 1 N–H and O–H groups in total. The van der Waals surface area contributed by atoms with Crippen LogP contribution in [0.5, 0.6) is 0 Å². The molecule has 2 fully saturated rings. The summed E-state index contributed by atoms with van der Waals surface area (Å²) in [5, 5.41) is 3.17. The number of benzene rings is 2. The zero-order valence-electron chi connectivity index (χ0n) is 18.2. The molecule has 1 atom stereocenters. The van der Waals surface area contributed by atoms with Crippen molar-refractivity contribution in [3.8, 4) is 0 Å². The molecule has 0 saturated carbocycles. The zero-order chi connectivity index (χ0) is 21.5. The van der Waals surface area contributed by atoms with E-state index >= 15 is 0 Å². The van der Waals surface area contributed by atoms with Crippen molar-refractivity contribution >= 4 is 11.8 Å². The number of aryl methyl sites for hydroxylation is 1. The van der Waals surface area contributed by atoms with E-state index < -0.39 is 0 Å². The van der Waals surface area contributed by atoms with Gasteiger partial charge in [0.05, 0.1) is 6.04 Å². The first kappa shape index (κ1) is 21.6. The Bertz CT molecular complexity index is 847. The van der Waals surface area contributed by atoms with E-state index in [0.717, 1.165) is 58.3 Å². The van der Waals surface area contributed by atoms with Gasteiger partial charge in [0.2, 0.25) is 11.8 Å². The van der Waals surface area contributed by atoms with Gasteiger partial charge in [-0.05, 0) is 49.8 Å². The van der Waals surface area contributed by atoms with Gasteiger partial charge in [0, 0.05) is 32.1 Å². The number of amides is 2. The van der Waals surface area contributed by atoms with Crippen molar-refractivity contribution in [1.82, 2.24) is 15.1 Å². The average Bonchev–Trinajstić information content (AvgIpc) is 3.27. The van der Waals surface area contributed by atoms with E-state index in [4.69, 9.17) is 0 Å². The molecule has 0 spiro atoms. The molecule has 2 aliphatic heterocycles. The quantitative estimate of drug-likeness (QED) is 0.749. The van der Waals surface area contributed by atoms with Crippen LogP contribution in [0.4, 0.5) is 0 Å². The second-order valence-electron chi connectivity index (χ2n) is 8.77. The van der Waals surface area contributed by atoms with E-state index in [1.54, 1.807) is 0 Å². The van der Waals surface area contributed by atoms with E-state index in [2.05, 4.69) is 46.6 Å². The minimum absolute atomic E-state index is 0.00257. The Labute approximate surface area is 185 Å². The summed E-state index contributed by atoms with van der Waals surface area (Å²) < 4.78 is 0. The molecule has 164 valence electrons. The number of nitrogens with zero attached hydrogens (tertiary/aromatic N) is 2. The highest BCUT2D eigenvalue weighted by molar-refractivity contribution is 5.82. The van der Waals surface area contributed by atoms with Gasteiger partial charge in [-0.25, -0.2) is 0 Å². The minimum Gasteiger partial charge on any atom is -0.353 e. The molecule has 0 aliphatic carbocycles. The number of likely N-dealkylation sites (tertiary alicyclic amines) is 2. The molecule has 2 amide bonds. The summed E-state index contributed by atoms with van der Waals surface area (Å²) in [5.41, 5.74) is 2.45. The second kappa shape index (κ2) is 10.6. The third-order valence-corrected chi connectivity index (χ3v) is 6.53. The third kappa shape index (κ3) is 5.95.